The van der Waals surface area contributed by atoms with Gasteiger partial charge in [-0.25, -0.2) is 0 Å². The zero-order chi connectivity index (χ0) is 12.6. The molecule has 0 saturated heterocycles. The van der Waals surface area contributed by atoms with Crippen LogP contribution in [0.3, 0.4) is 0 Å². The molecular weight excluding hydrogens is 242 g/mol. The summed E-state index contributed by atoms with van der Waals surface area (Å²) in [5, 5.41) is 0.556. The summed E-state index contributed by atoms with van der Waals surface area (Å²) in [7, 11) is 0. The summed E-state index contributed by atoms with van der Waals surface area (Å²) in [4.78, 5) is 4.02. The lowest BCUT2D eigenvalue weighted by Gasteiger charge is -1.94. The summed E-state index contributed by atoms with van der Waals surface area (Å²) in [6.07, 6.45) is 12.3. The van der Waals surface area contributed by atoms with Crippen molar-refractivity contribution in [2.75, 3.05) is 0 Å². The van der Waals surface area contributed by atoms with Gasteiger partial charge in [-0.3, -0.25) is 4.98 Å². The number of hydrogen-bond donors (Lipinski definition) is 0. The molecule has 1 aromatic carbocycles. The highest BCUT2D eigenvalue weighted by Crippen LogP contribution is 2.08. The van der Waals surface area contributed by atoms with Crippen LogP contribution in [0.2, 0.25) is 5.02 Å². The van der Waals surface area contributed by atoms with E-state index in [-0.39, 0.29) is 0 Å². The first-order valence-corrected chi connectivity index (χ1v) is 6.12. The van der Waals surface area contributed by atoms with Gasteiger partial charge in [-0.2, -0.15) is 0 Å². The maximum absolute atomic E-state index is 5.81. The maximum Gasteiger partial charge on any atom is 0.0671 e. The van der Waals surface area contributed by atoms with Gasteiger partial charge in [0, 0.05) is 18.5 Å². The Kier molecular flexibility index (Phi) is 4.74. The van der Waals surface area contributed by atoms with Crippen LogP contribution >= 0.6 is 11.6 Å². The highest BCUT2D eigenvalue weighted by atomic mass is 35.5. The van der Waals surface area contributed by atoms with Gasteiger partial charge in [-0.15, -0.1) is 0 Å². The summed E-state index contributed by atoms with van der Waals surface area (Å²) in [6, 6.07) is 13.2. The Bertz CT molecular complexity index is 544. The van der Waals surface area contributed by atoms with E-state index in [0.717, 1.165) is 12.0 Å². The SMILES string of the molecule is Clc1[c]c(CC=CC=Cc2ccccc2)cnc1. The van der Waals surface area contributed by atoms with E-state index in [1.165, 1.54) is 5.56 Å². The van der Waals surface area contributed by atoms with E-state index in [9.17, 15) is 0 Å². The zero-order valence-corrected chi connectivity index (χ0v) is 10.6. The molecule has 0 spiro atoms. The van der Waals surface area contributed by atoms with Crippen LogP contribution in [0.1, 0.15) is 11.1 Å². The second-order valence-electron chi connectivity index (χ2n) is 3.81. The Morgan fingerprint density at radius 1 is 1.11 bits per heavy atom. The molecule has 1 nitrogen and oxygen atoms in total. The smallest absolute Gasteiger partial charge is 0.0671 e. The average Bonchev–Trinajstić information content (AvgIpc) is 2.40. The largest absolute Gasteiger partial charge is 0.263 e. The number of benzene rings is 1. The van der Waals surface area contributed by atoms with Gasteiger partial charge >= 0.3 is 0 Å². The van der Waals surface area contributed by atoms with Crippen molar-refractivity contribution in [3.05, 3.63) is 83.2 Å². The number of hydrogen-bond acceptors (Lipinski definition) is 1. The summed E-state index contributed by atoms with van der Waals surface area (Å²) in [5.74, 6) is 0. The van der Waals surface area contributed by atoms with E-state index in [1.807, 2.05) is 30.4 Å². The number of halogens is 1. The van der Waals surface area contributed by atoms with Gasteiger partial charge in [0.2, 0.25) is 0 Å². The summed E-state index contributed by atoms with van der Waals surface area (Å²) >= 11 is 5.81. The van der Waals surface area contributed by atoms with Crippen LogP contribution in [0.4, 0.5) is 0 Å². The quantitative estimate of drug-likeness (QED) is 0.740. The molecule has 2 rings (SSSR count). The van der Waals surface area contributed by atoms with Gasteiger partial charge in [0.25, 0.3) is 0 Å². The molecule has 1 aromatic heterocycles. The highest BCUT2D eigenvalue weighted by Gasteiger charge is 1.92. The molecule has 0 aliphatic carbocycles. The fourth-order valence-corrected chi connectivity index (χ4v) is 1.70. The van der Waals surface area contributed by atoms with Crippen molar-refractivity contribution in [2.45, 2.75) is 6.42 Å². The molecule has 0 aliphatic rings. The molecule has 2 aromatic rings. The monoisotopic (exact) mass is 254 g/mol. The van der Waals surface area contributed by atoms with Crippen molar-refractivity contribution in [2.24, 2.45) is 0 Å². The third-order valence-electron chi connectivity index (χ3n) is 2.37. The molecule has 0 saturated carbocycles. The van der Waals surface area contributed by atoms with Crippen LogP contribution in [-0.4, -0.2) is 4.98 Å². The predicted molar refractivity (Wildman–Crippen MR) is 76.4 cm³/mol. The van der Waals surface area contributed by atoms with Crippen molar-refractivity contribution in [3.63, 3.8) is 0 Å². The Hall–Kier alpha value is -1.86. The van der Waals surface area contributed by atoms with Crippen LogP contribution in [0.15, 0.2) is 61.0 Å². The molecule has 18 heavy (non-hydrogen) atoms. The summed E-state index contributed by atoms with van der Waals surface area (Å²) < 4.78 is 0. The van der Waals surface area contributed by atoms with Gasteiger partial charge in [-0.1, -0.05) is 66.2 Å². The Morgan fingerprint density at radius 3 is 2.72 bits per heavy atom. The molecular formula is C16H13ClN. The molecule has 0 amide bonds. The van der Waals surface area contributed by atoms with Crippen molar-refractivity contribution in [1.82, 2.24) is 4.98 Å². The fourth-order valence-electron chi connectivity index (χ4n) is 1.52. The van der Waals surface area contributed by atoms with E-state index < -0.39 is 0 Å². The van der Waals surface area contributed by atoms with E-state index in [4.69, 9.17) is 11.6 Å². The first-order chi connectivity index (χ1) is 8.84. The number of pyridine rings is 1. The van der Waals surface area contributed by atoms with Crippen molar-refractivity contribution in [1.29, 1.82) is 0 Å². The molecule has 0 unspecified atom stereocenters. The third kappa shape index (κ3) is 4.19. The average molecular weight is 255 g/mol. The lowest BCUT2D eigenvalue weighted by Crippen LogP contribution is -1.83. The molecule has 1 heterocycles. The minimum atomic E-state index is 0.556. The number of allylic oxidation sites excluding steroid dienone is 3. The molecule has 0 N–H and O–H groups in total. The minimum Gasteiger partial charge on any atom is -0.263 e. The molecule has 0 fully saturated rings. The van der Waals surface area contributed by atoms with Crippen LogP contribution < -0.4 is 0 Å². The first-order valence-electron chi connectivity index (χ1n) is 5.74. The van der Waals surface area contributed by atoms with E-state index in [1.54, 1.807) is 12.4 Å². The lowest BCUT2D eigenvalue weighted by molar-refractivity contribution is 1.18. The van der Waals surface area contributed by atoms with E-state index in [0.29, 0.717) is 5.02 Å². The van der Waals surface area contributed by atoms with Crippen LogP contribution in [-0.2, 0) is 6.42 Å². The van der Waals surface area contributed by atoms with E-state index in [2.05, 4.69) is 35.3 Å². The topological polar surface area (TPSA) is 12.9 Å². The molecule has 89 valence electrons. The minimum absolute atomic E-state index is 0.556. The van der Waals surface area contributed by atoms with Crippen molar-refractivity contribution in [3.8, 4) is 0 Å². The van der Waals surface area contributed by atoms with Crippen LogP contribution in [0, 0.1) is 6.07 Å². The molecule has 0 bridgehead atoms. The number of aromatic nitrogens is 1. The van der Waals surface area contributed by atoms with Gasteiger partial charge in [-0.05, 0) is 17.5 Å². The fraction of sp³-hybridized carbons (Fsp3) is 0.0625. The van der Waals surface area contributed by atoms with Gasteiger partial charge in [0.15, 0.2) is 0 Å². The molecule has 1 radical (unpaired) electrons. The molecule has 2 heteroatoms. The third-order valence-corrected chi connectivity index (χ3v) is 2.56. The number of rotatable bonds is 4. The Morgan fingerprint density at radius 2 is 1.94 bits per heavy atom. The summed E-state index contributed by atoms with van der Waals surface area (Å²) in [6.45, 7) is 0. The summed E-state index contributed by atoms with van der Waals surface area (Å²) in [5.41, 5.74) is 2.19. The first kappa shape index (κ1) is 12.6. The standard InChI is InChI=1S/C16H13ClN/c17-16-11-15(12-18-13-16)10-6-2-5-9-14-7-3-1-4-8-14/h1-9,12-13H,10H2. The van der Waals surface area contributed by atoms with Crippen LogP contribution in [0.25, 0.3) is 6.08 Å². The normalized spacial score (nSPS) is 11.4. The van der Waals surface area contributed by atoms with Gasteiger partial charge in [0.1, 0.15) is 0 Å². The maximum atomic E-state index is 5.81. The second kappa shape index (κ2) is 6.77. The van der Waals surface area contributed by atoms with E-state index >= 15 is 0 Å². The van der Waals surface area contributed by atoms with Crippen molar-refractivity contribution < 1.29 is 0 Å². The van der Waals surface area contributed by atoms with Gasteiger partial charge in [0.05, 0.1) is 5.02 Å². The lowest BCUT2D eigenvalue weighted by atomic mass is 10.2. The zero-order valence-electron chi connectivity index (χ0n) is 9.88. The Labute approximate surface area is 112 Å². The second-order valence-corrected chi connectivity index (χ2v) is 4.21. The van der Waals surface area contributed by atoms with Crippen LogP contribution in [0.5, 0.6) is 0 Å². The molecule has 0 aliphatic heterocycles. The van der Waals surface area contributed by atoms with Crippen molar-refractivity contribution >= 4 is 17.7 Å². The highest BCUT2D eigenvalue weighted by molar-refractivity contribution is 6.30. The predicted octanol–water partition coefficient (Wildman–Crippen LogP) is 4.35. The molecule has 0 atom stereocenters. The van der Waals surface area contributed by atoms with Gasteiger partial charge < -0.3 is 0 Å². The Balaban J connectivity index is 1.87. The number of nitrogens with zero attached hydrogens (tertiary/aromatic N) is 1.